The minimum Gasteiger partial charge on any atom is -0.489 e. The molecule has 1 aliphatic rings. The average Bonchev–Trinajstić information content (AvgIpc) is 2.81. The molecule has 0 unspecified atom stereocenters. The molecular weight excluding hydrogens is 386 g/mol. The monoisotopic (exact) mass is 415 g/mol. The number of likely N-dealkylation sites (N-methyl/N-ethyl adjacent to an activating group) is 1. The van der Waals surface area contributed by atoms with Gasteiger partial charge in [-0.05, 0) is 54.6 Å². The van der Waals surface area contributed by atoms with Crippen molar-refractivity contribution in [1.82, 2.24) is 9.80 Å². The van der Waals surface area contributed by atoms with Crippen LogP contribution < -0.4 is 10.1 Å². The quantitative estimate of drug-likeness (QED) is 0.626. The van der Waals surface area contributed by atoms with Gasteiger partial charge in [-0.2, -0.15) is 0 Å². The molecule has 31 heavy (non-hydrogen) atoms. The fourth-order valence-corrected chi connectivity index (χ4v) is 3.60. The molecule has 5 nitrogen and oxygen atoms in total. The maximum Gasteiger partial charge on any atom is 0.255 e. The van der Waals surface area contributed by atoms with Crippen LogP contribution in [0, 0.1) is 0 Å². The first kappa shape index (κ1) is 21.1. The van der Waals surface area contributed by atoms with Gasteiger partial charge in [0.15, 0.2) is 0 Å². The summed E-state index contributed by atoms with van der Waals surface area (Å²) in [7, 11) is 2.17. The number of hydrogen-bond acceptors (Lipinski definition) is 4. The van der Waals surface area contributed by atoms with Gasteiger partial charge in [0.05, 0.1) is 0 Å². The number of hydrogen-bond donors (Lipinski definition) is 1. The number of anilines is 1. The number of rotatable bonds is 7. The van der Waals surface area contributed by atoms with E-state index in [1.54, 1.807) is 0 Å². The van der Waals surface area contributed by atoms with Gasteiger partial charge in [-0.15, -0.1) is 0 Å². The number of para-hydroxylation sites is 1. The van der Waals surface area contributed by atoms with Crippen LogP contribution in [0.15, 0.2) is 78.9 Å². The molecule has 5 heteroatoms. The SMILES string of the molecule is CN1CCN(Cc2ccc(NC(=O)c3ccc(COc4ccccc4)cc3)cc2)CC1. The highest BCUT2D eigenvalue weighted by atomic mass is 16.5. The molecule has 4 rings (SSSR count). The van der Waals surface area contributed by atoms with E-state index in [0.717, 1.165) is 49.7 Å². The first-order valence-electron chi connectivity index (χ1n) is 10.7. The van der Waals surface area contributed by atoms with Gasteiger partial charge in [0.25, 0.3) is 5.91 Å². The largest absolute Gasteiger partial charge is 0.489 e. The Morgan fingerprint density at radius 3 is 2.16 bits per heavy atom. The Morgan fingerprint density at radius 1 is 0.839 bits per heavy atom. The molecule has 0 spiro atoms. The number of nitrogens with one attached hydrogen (secondary N) is 1. The Bertz CT molecular complexity index is 964. The second-order valence-corrected chi connectivity index (χ2v) is 8.03. The second kappa shape index (κ2) is 10.2. The van der Waals surface area contributed by atoms with Gasteiger partial charge in [-0.3, -0.25) is 9.69 Å². The van der Waals surface area contributed by atoms with Gasteiger partial charge >= 0.3 is 0 Å². The molecule has 3 aromatic rings. The molecule has 1 fully saturated rings. The van der Waals surface area contributed by atoms with Crippen molar-refractivity contribution in [3.8, 4) is 5.75 Å². The van der Waals surface area contributed by atoms with Crippen LogP contribution in [0.2, 0.25) is 0 Å². The number of benzene rings is 3. The Kier molecular flexibility index (Phi) is 6.97. The summed E-state index contributed by atoms with van der Waals surface area (Å²) < 4.78 is 5.75. The number of carbonyl (C=O) groups is 1. The summed E-state index contributed by atoms with van der Waals surface area (Å²) in [6.45, 7) is 5.86. The lowest BCUT2D eigenvalue weighted by Crippen LogP contribution is -2.43. The molecule has 0 bridgehead atoms. The van der Waals surface area contributed by atoms with E-state index in [1.165, 1.54) is 5.56 Å². The normalized spacial score (nSPS) is 14.9. The summed E-state index contributed by atoms with van der Waals surface area (Å²) >= 11 is 0. The zero-order valence-corrected chi connectivity index (χ0v) is 18.0. The number of piperazine rings is 1. The average molecular weight is 416 g/mol. The van der Waals surface area contributed by atoms with Crippen LogP contribution >= 0.6 is 0 Å². The highest BCUT2D eigenvalue weighted by Crippen LogP contribution is 2.15. The molecule has 1 amide bonds. The summed E-state index contributed by atoms with van der Waals surface area (Å²) in [5, 5.41) is 2.98. The van der Waals surface area contributed by atoms with Crippen LogP contribution in [0.1, 0.15) is 21.5 Å². The first-order valence-corrected chi connectivity index (χ1v) is 10.7. The van der Waals surface area contributed by atoms with Gasteiger partial charge < -0.3 is 15.0 Å². The third-order valence-electron chi connectivity index (χ3n) is 5.58. The van der Waals surface area contributed by atoms with Gasteiger partial charge in [-0.25, -0.2) is 0 Å². The zero-order valence-electron chi connectivity index (χ0n) is 18.0. The van der Waals surface area contributed by atoms with E-state index in [0.29, 0.717) is 12.2 Å². The summed E-state index contributed by atoms with van der Waals surface area (Å²) in [6, 6.07) is 25.4. The van der Waals surface area contributed by atoms with Crippen molar-refractivity contribution in [2.75, 3.05) is 38.5 Å². The van der Waals surface area contributed by atoms with E-state index in [2.05, 4.69) is 34.3 Å². The van der Waals surface area contributed by atoms with Crippen molar-refractivity contribution in [1.29, 1.82) is 0 Å². The number of nitrogens with zero attached hydrogens (tertiary/aromatic N) is 2. The molecule has 0 radical (unpaired) electrons. The Morgan fingerprint density at radius 2 is 1.48 bits per heavy atom. The highest BCUT2D eigenvalue weighted by Gasteiger charge is 2.14. The molecular formula is C26H29N3O2. The maximum atomic E-state index is 12.6. The summed E-state index contributed by atoms with van der Waals surface area (Å²) in [4.78, 5) is 17.4. The highest BCUT2D eigenvalue weighted by molar-refractivity contribution is 6.04. The van der Waals surface area contributed by atoms with Gasteiger partial charge in [0.1, 0.15) is 12.4 Å². The molecule has 3 aromatic carbocycles. The van der Waals surface area contributed by atoms with Crippen LogP contribution in [0.4, 0.5) is 5.69 Å². The molecule has 0 aromatic heterocycles. The predicted octanol–water partition coefficient (Wildman–Crippen LogP) is 4.27. The molecule has 1 aliphatic heterocycles. The Balaban J connectivity index is 1.27. The van der Waals surface area contributed by atoms with E-state index in [9.17, 15) is 4.79 Å². The summed E-state index contributed by atoms with van der Waals surface area (Å²) in [5.41, 5.74) is 3.73. The van der Waals surface area contributed by atoms with Crippen molar-refractivity contribution in [3.05, 3.63) is 95.6 Å². The standard InChI is InChI=1S/C26H29N3O2/c1-28-15-17-29(18-16-28)19-21-9-13-24(14-10-21)27-26(30)23-11-7-22(8-12-23)20-31-25-5-3-2-4-6-25/h2-14H,15-20H2,1H3,(H,27,30). The number of ether oxygens (including phenoxy) is 1. The minimum atomic E-state index is -0.109. The lowest BCUT2D eigenvalue weighted by molar-refractivity contribution is 0.102. The van der Waals surface area contributed by atoms with E-state index < -0.39 is 0 Å². The van der Waals surface area contributed by atoms with Crippen molar-refractivity contribution in [3.63, 3.8) is 0 Å². The maximum absolute atomic E-state index is 12.6. The molecule has 1 saturated heterocycles. The van der Waals surface area contributed by atoms with E-state index >= 15 is 0 Å². The fourth-order valence-electron chi connectivity index (χ4n) is 3.60. The molecule has 1 heterocycles. The minimum absolute atomic E-state index is 0.109. The Hall–Kier alpha value is -3.15. The van der Waals surface area contributed by atoms with Crippen LogP contribution in [0.25, 0.3) is 0 Å². The van der Waals surface area contributed by atoms with Crippen LogP contribution in [-0.2, 0) is 13.2 Å². The van der Waals surface area contributed by atoms with Crippen molar-refractivity contribution >= 4 is 11.6 Å². The topological polar surface area (TPSA) is 44.8 Å². The van der Waals surface area contributed by atoms with E-state index in [-0.39, 0.29) is 5.91 Å². The summed E-state index contributed by atoms with van der Waals surface area (Å²) in [6.07, 6.45) is 0. The third-order valence-corrected chi connectivity index (χ3v) is 5.58. The lowest BCUT2D eigenvalue weighted by atomic mass is 10.1. The van der Waals surface area contributed by atoms with Crippen molar-refractivity contribution < 1.29 is 9.53 Å². The van der Waals surface area contributed by atoms with Gasteiger partial charge in [-0.1, -0.05) is 42.5 Å². The molecule has 160 valence electrons. The van der Waals surface area contributed by atoms with E-state index in [4.69, 9.17) is 4.74 Å². The van der Waals surface area contributed by atoms with Crippen LogP contribution in [0.3, 0.4) is 0 Å². The molecule has 0 aliphatic carbocycles. The number of carbonyl (C=O) groups excluding carboxylic acids is 1. The lowest BCUT2D eigenvalue weighted by Gasteiger charge is -2.32. The second-order valence-electron chi connectivity index (χ2n) is 8.03. The first-order chi connectivity index (χ1) is 15.2. The smallest absolute Gasteiger partial charge is 0.255 e. The third kappa shape index (κ3) is 6.17. The molecule has 1 N–H and O–H groups in total. The fraction of sp³-hybridized carbons (Fsp3) is 0.269. The number of amides is 1. The van der Waals surface area contributed by atoms with Crippen molar-refractivity contribution in [2.24, 2.45) is 0 Å². The molecule has 0 saturated carbocycles. The summed E-state index contributed by atoms with van der Waals surface area (Å²) in [5.74, 6) is 0.725. The Labute approximate surface area is 184 Å². The van der Waals surface area contributed by atoms with Gasteiger partial charge in [0.2, 0.25) is 0 Å². The van der Waals surface area contributed by atoms with Crippen LogP contribution in [0.5, 0.6) is 5.75 Å². The molecule has 0 atom stereocenters. The predicted molar refractivity (Wildman–Crippen MR) is 124 cm³/mol. The zero-order chi connectivity index (χ0) is 21.5. The van der Waals surface area contributed by atoms with Crippen molar-refractivity contribution in [2.45, 2.75) is 13.2 Å². The van der Waals surface area contributed by atoms with Crippen LogP contribution in [-0.4, -0.2) is 48.9 Å². The van der Waals surface area contributed by atoms with Gasteiger partial charge in [0, 0.05) is 44.0 Å². The van der Waals surface area contributed by atoms with E-state index in [1.807, 2.05) is 66.7 Å².